The summed E-state index contributed by atoms with van der Waals surface area (Å²) in [4.78, 5) is 15.9. The number of nitrogens with zero attached hydrogens (tertiary/aromatic N) is 1. The Kier molecular flexibility index (Phi) is 3.19. The predicted octanol–water partition coefficient (Wildman–Crippen LogP) is 1.000. The number of hydrogen-bond donors (Lipinski definition) is 2. The fourth-order valence-electron chi connectivity index (χ4n) is 2.10. The lowest BCUT2D eigenvalue weighted by atomic mass is 10.2. The minimum atomic E-state index is -0.0460. The molecule has 16 heavy (non-hydrogen) atoms. The molecule has 0 unspecified atom stereocenters. The van der Waals surface area contributed by atoms with Gasteiger partial charge in [0.2, 0.25) is 0 Å². The van der Waals surface area contributed by atoms with E-state index in [0.29, 0.717) is 5.56 Å². The molecule has 1 heterocycles. The summed E-state index contributed by atoms with van der Waals surface area (Å²) in [5, 5.41) is 2.99. The van der Waals surface area contributed by atoms with E-state index >= 15 is 0 Å². The van der Waals surface area contributed by atoms with Crippen molar-refractivity contribution in [2.75, 3.05) is 0 Å². The fourth-order valence-corrected chi connectivity index (χ4v) is 2.10. The van der Waals surface area contributed by atoms with Crippen LogP contribution in [0.5, 0.6) is 0 Å². The number of rotatable bonds is 2. The van der Waals surface area contributed by atoms with Crippen molar-refractivity contribution in [1.29, 1.82) is 0 Å². The zero-order chi connectivity index (χ0) is 11.5. The van der Waals surface area contributed by atoms with Crippen LogP contribution in [0.15, 0.2) is 18.5 Å². The molecule has 1 amide bonds. The molecule has 0 saturated heterocycles. The van der Waals surface area contributed by atoms with E-state index < -0.39 is 0 Å². The molecule has 4 nitrogen and oxygen atoms in total. The number of pyridine rings is 1. The van der Waals surface area contributed by atoms with E-state index in [0.717, 1.165) is 24.8 Å². The maximum absolute atomic E-state index is 11.9. The smallest absolute Gasteiger partial charge is 0.253 e. The van der Waals surface area contributed by atoms with Gasteiger partial charge in [-0.25, -0.2) is 0 Å². The Labute approximate surface area is 95.3 Å². The Hall–Kier alpha value is -1.42. The number of amides is 1. The molecular weight excluding hydrogens is 202 g/mol. The second-order valence-corrected chi connectivity index (χ2v) is 4.49. The van der Waals surface area contributed by atoms with Crippen LogP contribution in [0, 0.1) is 6.92 Å². The quantitative estimate of drug-likeness (QED) is 0.779. The first-order chi connectivity index (χ1) is 7.65. The molecule has 1 aromatic rings. The molecule has 86 valence electrons. The Morgan fingerprint density at radius 1 is 1.50 bits per heavy atom. The Morgan fingerprint density at radius 3 is 2.94 bits per heavy atom. The molecule has 1 aliphatic rings. The van der Waals surface area contributed by atoms with E-state index in [1.54, 1.807) is 12.4 Å². The summed E-state index contributed by atoms with van der Waals surface area (Å²) < 4.78 is 0. The average molecular weight is 219 g/mol. The van der Waals surface area contributed by atoms with Crippen molar-refractivity contribution in [3.63, 3.8) is 0 Å². The van der Waals surface area contributed by atoms with Gasteiger partial charge in [-0.15, -0.1) is 0 Å². The van der Waals surface area contributed by atoms with Gasteiger partial charge in [-0.05, 0) is 37.8 Å². The van der Waals surface area contributed by atoms with E-state index in [1.165, 1.54) is 0 Å². The number of hydrogen-bond acceptors (Lipinski definition) is 3. The Bertz CT molecular complexity index is 392. The first kappa shape index (κ1) is 11.1. The SMILES string of the molecule is Cc1cncc(C(=O)N[C@@H]2CC[C@@H](N)C2)c1. The second kappa shape index (κ2) is 4.61. The van der Waals surface area contributed by atoms with Gasteiger partial charge in [0.1, 0.15) is 0 Å². The van der Waals surface area contributed by atoms with Crippen LogP contribution in [0.1, 0.15) is 35.2 Å². The third-order valence-electron chi connectivity index (χ3n) is 2.95. The van der Waals surface area contributed by atoms with Gasteiger partial charge in [0.05, 0.1) is 5.56 Å². The van der Waals surface area contributed by atoms with Crippen molar-refractivity contribution in [3.8, 4) is 0 Å². The Morgan fingerprint density at radius 2 is 2.31 bits per heavy atom. The number of aryl methyl sites for hydroxylation is 1. The van der Waals surface area contributed by atoms with E-state index in [-0.39, 0.29) is 18.0 Å². The first-order valence-corrected chi connectivity index (χ1v) is 5.63. The molecule has 1 saturated carbocycles. The zero-order valence-corrected chi connectivity index (χ0v) is 9.44. The molecule has 0 bridgehead atoms. The molecule has 3 N–H and O–H groups in total. The molecule has 0 aliphatic heterocycles. The summed E-state index contributed by atoms with van der Waals surface area (Å²) in [6, 6.07) is 2.31. The minimum absolute atomic E-state index is 0.0460. The van der Waals surface area contributed by atoms with E-state index in [9.17, 15) is 4.79 Å². The van der Waals surface area contributed by atoms with Crippen LogP contribution in [0.25, 0.3) is 0 Å². The van der Waals surface area contributed by atoms with Gasteiger partial charge in [0, 0.05) is 24.5 Å². The van der Waals surface area contributed by atoms with E-state index in [1.807, 2.05) is 13.0 Å². The largest absolute Gasteiger partial charge is 0.349 e. The van der Waals surface area contributed by atoms with Gasteiger partial charge in [-0.3, -0.25) is 9.78 Å². The molecule has 2 atom stereocenters. The maximum atomic E-state index is 11.9. The zero-order valence-electron chi connectivity index (χ0n) is 9.44. The molecule has 1 aromatic heterocycles. The van der Waals surface area contributed by atoms with Crippen LogP contribution in [-0.2, 0) is 0 Å². The van der Waals surface area contributed by atoms with Crippen LogP contribution in [-0.4, -0.2) is 23.0 Å². The molecule has 1 fully saturated rings. The van der Waals surface area contributed by atoms with Gasteiger partial charge < -0.3 is 11.1 Å². The highest BCUT2D eigenvalue weighted by atomic mass is 16.1. The van der Waals surface area contributed by atoms with E-state index in [2.05, 4.69) is 10.3 Å². The number of nitrogens with two attached hydrogens (primary N) is 1. The summed E-state index contributed by atoms with van der Waals surface area (Å²) in [7, 11) is 0. The van der Waals surface area contributed by atoms with Gasteiger partial charge in [-0.1, -0.05) is 0 Å². The molecule has 4 heteroatoms. The molecule has 0 spiro atoms. The minimum Gasteiger partial charge on any atom is -0.349 e. The third kappa shape index (κ3) is 2.58. The van der Waals surface area contributed by atoms with Crippen LogP contribution in [0.4, 0.5) is 0 Å². The first-order valence-electron chi connectivity index (χ1n) is 5.63. The van der Waals surface area contributed by atoms with Crippen molar-refractivity contribution >= 4 is 5.91 Å². The van der Waals surface area contributed by atoms with Gasteiger partial charge >= 0.3 is 0 Å². The lowest BCUT2D eigenvalue weighted by molar-refractivity contribution is 0.0937. The van der Waals surface area contributed by atoms with Crippen molar-refractivity contribution in [1.82, 2.24) is 10.3 Å². The van der Waals surface area contributed by atoms with Crippen molar-refractivity contribution < 1.29 is 4.79 Å². The second-order valence-electron chi connectivity index (χ2n) is 4.49. The molecule has 1 aliphatic carbocycles. The summed E-state index contributed by atoms with van der Waals surface area (Å²) in [5.41, 5.74) is 7.42. The number of nitrogens with one attached hydrogen (secondary N) is 1. The highest BCUT2D eigenvalue weighted by molar-refractivity contribution is 5.94. The fraction of sp³-hybridized carbons (Fsp3) is 0.500. The van der Waals surface area contributed by atoms with Crippen molar-refractivity contribution in [3.05, 3.63) is 29.6 Å². The molecular formula is C12H17N3O. The highest BCUT2D eigenvalue weighted by Crippen LogP contribution is 2.17. The van der Waals surface area contributed by atoms with Gasteiger partial charge in [0.25, 0.3) is 5.91 Å². The predicted molar refractivity (Wildman–Crippen MR) is 62.1 cm³/mol. The van der Waals surface area contributed by atoms with Crippen LogP contribution < -0.4 is 11.1 Å². The Balaban J connectivity index is 1.98. The summed E-state index contributed by atoms with van der Waals surface area (Å²) in [5.74, 6) is -0.0460. The van der Waals surface area contributed by atoms with Crippen LogP contribution in [0.2, 0.25) is 0 Å². The third-order valence-corrected chi connectivity index (χ3v) is 2.95. The lowest BCUT2D eigenvalue weighted by Gasteiger charge is -2.12. The molecule has 0 radical (unpaired) electrons. The summed E-state index contributed by atoms with van der Waals surface area (Å²) in [6.07, 6.45) is 6.19. The van der Waals surface area contributed by atoms with E-state index in [4.69, 9.17) is 5.73 Å². The standard InChI is InChI=1S/C12H17N3O/c1-8-4-9(7-14-6-8)12(16)15-11-3-2-10(13)5-11/h4,6-7,10-11H,2-3,5,13H2,1H3,(H,15,16)/t10-,11-/m1/s1. The van der Waals surface area contributed by atoms with Gasteiger partial charge in [-0.2, -0.15) is 0 Å². The summed E-state index contributed by atoms with van der Waals surface area (Å²) >= 11 is 0. The highest BCUT2D eigenvalue weighted by Gasteiger charge is 2.23. The monoisotopic (exact) mass is 219 g/mol. The van der Waals surface area contributed by atoms with Crippen LogP contribution in [0.3, 0.4) is 0 Å². The molecule has 2 rings (SSSR count). The lowest BCUT2D eigenvalue weighted by Crippen LogP contribution is -2.34. The summed E-state index contributed by atoms with van der Waals surface area (Å²) in [6.45, 7) is 1.93. The molecule has 0 aromatic carbocycles. The van der Waals surface area contributed by atoms with Crippen molar-refractivity contribution in [2.45, 2.75) is 38.3 Å². The topological polar surface area (TPSA) is 68.0 Å². The number of carbonyl (C=O) groups is 1. The average Bonchev–Trinajstić information content (AvgIpc) is 2.64. The number of aromatic nitrogens is 1. The maximum Gasteiger partial charge on any atom is 0.253 e. The normalized spacial score (nSPS) is 24.4. The van der Waals surface area contributed by atoms with Crippen LogP contribution >= 0.6 is 0 Å². The van der Waals surface area contributed by atoms with Gasteiger partial charge in [0.15, 0.2) is 0 Å². The number of carbonyl (C=O) groups excluding carboxylic acids is 1. The van der Waals surface area contributed by atoms with Crippen molar-refractivity contribution in [2.24, 2.45) is 5.73 Å².